The summed E-state index contributed by atoms with van der Waals surface area (Å²) in [5, 5.41) is 60.0. The maximum atomic E-state index is 14.2. The summed E-state index contributed by atoms with van der Waals surface area (Å²) < 4.78 is 0. The first-order chi connectivity index (χ1) is 37.2. The lowest BCUT2D eigenvalue weighted by Gasteiger charge is -2.28. The molecule has 29 heteroatoms. The molecular formula is C50H86N14O14S. The molecule has 22 N–H and O–H groups in total. The van der Waals surface area contributed by atoms with E-state index in [0.29, 0.717) is 37.7 Å². The number of nitrogens with two attached hydrogens (primary N) is 5. The van der Waals surface area contributed by atoms with E-state index in [0.717, 1.165) is 0 Å². The Kier molecular flexibility index (Phi) is 33.7. The summed E-state index contributed by atoms with van der Waals surface area (Å²) in [7, 11) is 0. The molecule has 1 rings (SSSR count). The van der Waals surface area contributed by atoms with E-state index in [1.54, 1.807) is 20.1 Å². The standard InChI is InChI=1S/C50H86N14O14S/c1-27(2)25-38(49(77)78)63-45(73)34(13-7-9-22-52)61-48(76)40(29(4)65)64-46(74)36(20-24-79-5)58-41(69)28(3)57-43(71)35(18-19-39(67)68)60-47(75)37(26-30-14-16-31(66)17-15-30)62-44(72)33(12-6-8-21-51)59-42(70)32(53)11-10-23-56-50(54)55/h14-17,27-29,32-38,40,65-66H,6-13,18-26,51-53H2,1-5H3,(H,57,71)(H,58,69)(H,59,70)(H,60,75)(H,61,76)(H,62,72)(H,63,73)(H,64,74)(H,67,68)(H,77,78)(H4,54,55,56)/t28-,29+,32-,33-,34-,35-,36-,37-,38-,40-/m0/s1. The number of carbonyl (C=O) groups is 10. The number of phenolic OH excluding ortho intramolecular Hbond substituents is 1. The number of aliphatic hydroxyl groups is 1. The van der Waals surface area contributed by atoms with Gasteiger partial charge in [-0.1, -0.05) is 26.0 Å². The van der Waals surface area contributed by atoms with Crippen molar-refractivity contribution in [1.29, 1.82) is 0 Å². The number of aliphatic hydroxyl groups excluding tert-OH is 1. The predicted molar refractivity (Wildman–Crippen MR) is 295 cm³/mol. The van der Waals surface area contributed by atoms with Gasteiger partial charge in [-0.05, 0) is 133 Å². The third-order valence-electron chi connectivity index (χ3n) is 12.1. The molecular weight excluding hydrogens is 1050 g/mol. The highest BCUT2D eigenvalue weighted by molar-refractivity contribution is 7.98. The summed E-state index contributed by atoms with van der Waals surface area (Å²) in [6.45, 7) is 6.73. The fourth-order valence-corrected chi connectivity index (χ4v) is 8.15. The lowest BCUT2D eigenvalue weighted by molar-refractivity contribution is -0.143. The first-order valence-corrected chi connectivity index (χ1v) is 27.7. The highest BCUT2D eigenvalue weighted by Crippen LogP contribution is 2.14. The number of benzene rings is 1. The quantitative estimate of drug-likeness (QED) is 0.0173. The molecule has 8 amide bonds. The van der Waals surface area contributed by atoms with Gasteiger partial charge in [0.2, 0.25) is 47.3 Å². The molecule has 446 valence electrons. The van der Waals surface area contributed by atoms with Crippen LogP contribution in [0.3, 0.4) is 0 Å². The van der Waals surface area contributed by atoms with Crippen LogP contribution in [0.4, 0.5) is 0 Å². The summed E-state index contributed by atoms with van der Waals surface area (Å²) in [4.78, 5) is 138. The van der Waals surface area contributed by atoms with E-state index in [9.17, 15) is 68.4 Å². The average Bonchev–Trinajstić information content (AvgIpc) is 3.37. The summed E-state index contributed by atoms with van der Waals surface area (Å²) in [6, 6.07) is -6.88. The van der Waals surface area contributed by atoms with Crippen molar-refractivity contribution in [3.8, 4) is 5.75 Å². The molecule has 0 aliphatic carbocycles. The summed E-state index contributed by atoms with van der Waals surface area (Å²) in [5.41, 5.74) is 28.6. The van der Waals surface area contributed by atoms with E-state index in [-0.39, 0.29) is 81.5 Å². The molecule has 0 aromatic heterocycles. The fraction of sp³-hybridized carbons (Fsp3) is 0.660. The Balaban J connectivity index is 3.43. The topological polar surface area (TPSA) is 490 Å². The van der Waals surface area contributed by atoms with E-state index in [1.807, 2.05) is 0 Å². The fourth-order valence-electron chi connectivity index (χ4n) is 7.68. The zero-order valence-corrected chi connectivity index (χ0v) is 46.6. The van der Waals surface area contributed by atoms with Gasteiger partial charge in [0.25, 0.3) is 0 Å². The number of aliphatic imine (C=N–C) groups is 1. The van der Waals surface area contributed by atoms with E-state index >= 15 is 0 Å². The molecule has 79 heavy (non-hydrogen) atoms. The second-order valence-electron chi connectivity index (χ2n) is 19.5. The Morgan fingerprint density at radius 3 is 1.54 bits per heavy atom. The molecule has 10 atom stereocenters. The number of nitrogens with zero attached hydrogens (tertiary/aromatic N) is 1. The van der Waals surface area contributed by atoms with Crippen molar-refractivity contribution >= 4 is 76.9 Å². The zero-order chi connectivity index (χ0) is 59.8. The minimum Gasteiger partial charge on any atom is -0.508 e. The van der Waals surface area contributed by atoms with Crippen molar-refractivity contribution in [3.63, 3.8) is 0 Å². The monoisotopic (exact) mass is 1140 g/mol. The number of carboxylic acid groups (broad SMARTS) is 2. The molecule has 0 radical (unpaired) electrons. The van der Waals surface area contributed by atoms with Crippen LogP contribution in [0.15, 0.2) is 29.3 Å². The normalized spacial score (nSPS) is 14.9. The highest BCUT2D eigenvalue weighted by atomic mass is 32.2. The van der Waals surface area contributed by atoms with Crippen LogP contribution >= 0.6 is 11.8 Å². The molecule has 0 bridgehead atoms. The van der Waals surface area contributed by atoms with Crippen LogP contribution in [0.25, 0.3) is 0 Å². The van der Waals surface area contributed by atoms with Gasteiger partial charge in [0, 0.05) is 19.4 Å². The Labute approximate surface area is 464 Å². The summed E-state index contributed by atoms with van der Waals surface area (Å²) in [5.74, 6) is -9.86. The van der Waals surface area contributed by atoms with Gasteiger partial charge in [0.05, 0.1) is 12.1 Å². The molecule has 0 saturated heterocycles. The Hall–Kier alpha value is -6.82. The number of rotatable bonds is 40. The second kappa shape index (κ2) is 37.9. The van der Waals surface area contributed by atoms with Gasteiger partial charge in [0.15, 0.2) is 5.96 Å². The molecule has 0 saturated carbocycles. The third-order valence-corrected chi connectivity index (χ3v) is 12.8. The van der Waals surface area contributed by atoms with Gasteiger partial charge in [-0.2, -0.15) is 11.8 Å². The lowest BCUT2D eigenvalue weighted by atomic mass is 10.0. The maximum absolute atomic E-state index is 14.2. The Morgan fingerprint density at radius 2 is 1.04 bits per heavy atom. The smallest absolute Gasteiger partial charge is 0.326 e. The van der Waals surface area contributed by atoms with Gasteiger partial charge in [-0.3, -0.25) is 48.1 Å². The van der Waals surface area contributed by atoms with Crippen molar-refractivity contribution in [3.05, 3.63) is 29.8 Å². The molecule has 0 aliphatic rings. The number of nitrogens with one attached hydrogen (secondary N) is 8. The number of amides is 8. The number of carboxylic acids is 2. The Bertz CT molecular complexity index is 2170. The van der Waals surface area contributed by atoms with Gasteiger partial charge < -0.3 is 91.6 Å². The molecule has 0 aliphatic heterocycles. The largest absolute Gasteiger partial charge is 0.508 e. The predicted octanol–water partition coefficient (Wildman–Crippen LogP) is -3.40. The number of carbonyl (C=O) groups excluding carboxylic acids is 8. The summed E-state index contributed by atoms with van der Waals surface area (Å²) >= 11 is 1.30. The molecule has 28 nitrogen and oxygen atoms in total. The van der Waals surface area contributed by atoms with Gasteiger partial charge in [0.1, 0.15) is 54.1 Å². The first-order valence-electron chi connectivity index (χ1n) is 26.3. The molecule has 1 aromatic carbocycles. The van der Waals surface area contributed by atoms with Crippen LogP contribution in [0, 0.1) is 5.92 Å². The molecule has 0 spiro atoms. The van der Waals surface area contributed by atoms with Crippen molar-refractivity contribution in [1.82, 2.24) is 42.5 Å². The second-order valence-corrected chi connectivity index (χ2v) is 20.5. The van der Waals surface area contributed by atoms with Crippen LogP contribution in [-0.2, 0) is 54.4 Å². The number of aliphatic carboxylic acids is 2. The summed E-state index contributed by atoms with van der Waals surface area (Å²) in [6.07, 6.45) is 1.14. The number of hydrogen-bond donors (Lipinski definition) is 17. The van der Waals surface area contributed by atoms with E-state index in [1.165, 1.54) is 49.9 Å². The van der Waals surface area contributed by atoms with Crippen molar-refractivity contribution in [2.45, 2.75) is 172 Å². The number of phenols is 1. The van der Waals surface area contributed by atoms with Crippen molar-refractivity contribution < 1.29 is 68.4 Å². The van der Waals surface area contributed by atoms with E-state index < -0.39 is 133 Å². The van der Waals surface area contributed by atoms with Crippen LogP contribution in [0.2, 0.25) is 0 Å². The van der Waals surface area contributed by atoms with Gasteiger partial charge in [-0.15, -0.1) is 0 Å². The van der Waals surface area contributed by atoms with Gasteiger partial charge >= 0.3 is 11.9 Å². The molecule has 0 fully saturated rings. The van der Waals surface area contributed by atoms with Crippen LogP contribution in [0.1, 0.15) is 110 Å². The van der Waals surface area contributed by atoms with Gasteiger partial charge in [-0.25, -0.2) is 4.79 Å². The van der Waals surface area contributed by atoms with Crippen molar-refractivity contribution in [2.75, 3.05) is 31.6 Å². The SMILES string of the molecule is CSCC[C@H](NC(=O)[C@H](C)NC(=O)[C@H](CCC(=O)O)NC(=O)[C@H](Cc1ccc(O)cc1)NC(=O)[C@H](CCCCN)NC(=O)[C@@H](N)CCCN=C(N)N)C(=O)N[C@H](C(=O)N[C@@H](CCCCN)C(=O)N[C@@H](CC(C)C)C(=O)O)[C@@H](C)O. The number of thioether (sulfide) groups is 1. The van der Waals surface area contributed by atoms with E-state index in [2.05, 4.69) is 47.5 Å². The lowest BCUT2D eigenvalue weighted by Crippen LogP contribution is -2.61. The minimum absolute atomic E-state index is 0.0272. The highest BCUT2D eigenvalue weighted by Gasteiger charge is 2.36. The number of guanidine groups is 1. The molecule has 0 heterocycles. The average molecular weight is 1140 g/mol. The number of aromatic hydroxyl groups is 1. The molecule has 0 unspecified atom stereocenters. The van der Waals surface area contributed by atoms with Crippen molar-refractivity contribution in [2.24, 2.45) is 39.6 Å². The third kappa shape index (κ3) is 28.6. The van der Waals surface area contributed by atoms with Crippen LogP contribution in [-0.4, -0.2) is 178 Å². The Morgan fingerprint density at radius 1 is 0.570 bits per heavy atom. The number of unbranched alkanes of at least 4 members (excludes halogenated alkanes) is 2. The van der Waals surface area contributed by atoms with Crippen LogP contribution in [0.5, 0.6) is 5.75 Å². The molecule has 1 aromatic rings. The number of hydrogen-bond acceptors (Lipinski definition) is 17. The van der Waals surface area contributed by atoms with Crippen LogP contribution < -0.4 is 71.2 Å². The first kappa shape index (κ1) is 70.2. The minimum atomic E-state index is -1.69. The van der Waals surface area contributed by atoms with E-state index in [4.69, 9.17) is 28.7 Å². The zero-order valence-electron chi connectivity index (χ0n) is 45.8. The maximum Gasteiger partial charge on any atom is 0.326 e.